The second-order valence-electron chi connectivity index (χ2n) is 7.17. The maximum atomic E-state index is 6.03. The first-order chi connectivity index (χ1) is 8.35. The highest BCUT2D eigenvalue weighted by molar-refractivity contribution is 4.98. The number of methoxy groups -OCH3 is 1. The summed E-state index contributed by atoms with van der Waals surface area (Å²) < 4.78 is 6.03. The lowest BCUT2D eigenvalue weighted by Gasteiger charge is -2.47. The van der Waals surface area contributed by atoms with Crippen molar-refractivity contribution >= 4 is 0 Å². The van der Waals surface area contributed by atoms with E-state index in [0.717, 1.165) is 12.5 Å². The van der Waals surface area contributed by atoms with Crippen molar-refractivity contribution < 1.29 is 4.74 Å². The van der Waals surface area contributed by atoms with Crippen LogP contribution in [-0.2, 0) is 4.74 Å². The summed E-state index contributed by atoms with van der Waals surface area (Å²) in [4.78, 5) is 0. The molecule has 0 amide bonds. The Balaban J connectivity index is 2.77. The minimum Gasteiger partial charge on any atom is -0.377 e. The van der Waals surface area contributed by atoms with Crippen LogP contribution in [0.3, 0.4) is 0 Å². The maximum absolute atomic E-state index is 6.03. The molecule has 2 nitrogen and oxygen atoms in total. The molecule has 0 radical (unpaired) electrons. The Morgan fingerprint density at radius 1 is 1.11 bits per heavy atom. The molecule has 1 saturated carbocycles. The van der Waals surface area contributed by atoms with E-state index in [0.29, 0.717) is 11.5 Å². The van der Waals surface area contributed by atoms with Crippen LogP contribution >= 0.6 is 0 Å². The Kier molecular flexibility index (Phi) is 5.67. The Labute approximate surface area is 114 Å². The molecule has 1 aliphatic carbocycles. The van der Waals surface area contributed by atoms with E-state index in [1.165, 1.54) is 32.1 Å². The fraction of sp³-hybridized carbons (Fsp3) is 1.00. The lowest BCUT2D eigenvalue weighted by Crippen LogP contribution is -2.55. The van der Waals surface area contributed by atoms with Gasteiger partial charge in [-0.05, 0) is 50.0 Å². The van der Waals surface area contributed by atoms with Crippen LogP contribution in [0.5, 0.6) is 0 Å². The van der Waals surface area contributed by atoms with E-state index in [4.69, 9.17) is 4.74 Å². The molecule has 0 aromatic rings. The van der Waals surface area contributed by atoms with E-state index >= 15 is 0 Å². The average molecular weight is 255 g/mol. The molecule has 108 valence electrons. The molecule has 18 heavy (non-hydrogen) atoms. The zero-order valence-electron chi connectivity index (χ0n) is 13.3. The van der Waals surface area contributed by atoms with Gasteiger partial charge in [0.25, 0.3) is 0 Å². The average Bonchev–Trinajstić information content (AvgIpc) is 2.29. The third kappa shape index (κ3) is 3.96. The van der Waals surface area contributed by atoms with Gasteiger partial charge in [0.15, 0.2) is 0 Å². The molecule has 0 bridgehead atoms. The molecule has 0 aromatic carbocycles. The van der Waals surface area contributed by atoms with Crippen molar-refractivity contribution in [3.8, 4) is 0 Å². The second-order valence-corrected chi connectivity index (χ2v) is 7.17. The summed E-state index contributed by atoms with van der Waals surface area (Å²) in [6.45, 7) is 12.6. The SMILES string of the molecule is CCNC(CC(C)C)C1(OC)CCC(C)(C)CC1. The van der Waals surface area contributed by atoms with Crippen LogP contribution in [0.15, 0.2) is 0 Å². The van der Waals surface area contributed by atoms with Crippen LogP contribution in [-0.4, -0.2) is 25.3 Å². The van der Waals surface area contributed by atoms with Crippen molar-refractivity contribution in [2.45, 2.75) is 78.4 Å². The fourth-order valence-electron chi connectivity index (χ4n) is 3.25. The topological polar surface area (TPSA) is 21.3 Å². The first-order valence-electron chi connectivity index (χ1n) is 7.64. The van der Waals surface area contributed by atoms with Crippen molar-refractivity contribution in [1.82, 2.24) is 5.32 Å². The van der Waals surface area contributed by atoms with Crippen molar-refractivity contribution in [3.63, 3.8) is 0 Å². The highest BCUT2D eigenvalue weighted by atomic mass is 16.5. The Hall–Kier alpha value is -0.0800. The summed E-state index contributed by atoms with van der Waals surface area (Å²) in [7, 11) is 1.91. The van der Waals surface area contributed by atoms with Crippen LogP contribution in [0, 0.1) is 11.3 Å². The van der Waals surface area contributed by atoms with Crippen molar-refractivity contribution in [1.29, 1.82) is 0 Å². The van der Waals surface area contributed by atoms with E-state index in [2.05, 4.69) is 39.9 Å². The van der Waals surface area contributed by atoms with Gasteiger partial charge in [-0.25, -0.2) is 0 Å². The lowest BCUT2D eigenvalue weighted by atomic mass is 9.67. The highest BCUT2D eigenvalue weighted by Crippen LogP contribution is 2.44. The number of likely N-dealkylation sites (N-methyl/N-ethyl adjacent to an activating group) is 1. The molecule has 1 aliphatic rings. The maximum Gasteiger partial charge on any atom is 0.0831 e. The molecule has 1 fully saturated rings. The number of nitrogens with one attached hydrogen (secondary N) is 1. The first-order valence-corrected chi connectivity index (χ1v) is 7.64. The summed E-state index contributed by atoms with van der Waals surface area (Å²) >= 11 is 0. The summed E-state index contributed by atoms with van der Waals surface area (Å²) in [6.07, 6.45) is 6.16. The van der Waals surface area contributed by atoms with Gasteiger partial charge in [-0.2, -0.15) is 0 Å². The van der Waals surface area contributed by atoms with Crippen LogP contribution in [0.1, 0.15) is 66.7 Å². The molecule has 0 saturated heterocycles. The zero-order valence-corrected chi connectivity index (χ0v) is 13.3. The minimum absolute atomic E-state index is 0.0653. The third-order valence-electron chi connectivity index (χ3n) is 4.65. The van der Waals surface area contributed by atoms with Gasteiger partial charge >= 0.3 is 0 Å². The van der Waals surface area contributed by atoms with Gasteiger partial charge in [-0.1, -0.05) is 34.6 Å². The summed E-state index contributed by atoms with van der Waals surface area (Å²) in [6, 6.07) is 0.503. The quantitative estimate of drug-likeness (QED) is 0.774. The number of rotatable bonds is 6. The molecule has 1 unspecified atom stereocenters. The first kappa shape index (κ1) is 16.0. The van der Waals surface area contributed by atoms with Crippen LogP contribution in [0.2, 0.25) is 0 Å². The van der Waals surface area contributed by atoms with E-state index in [9.17, 15) is 0 Å². The Bertz CT molecular complexity index is 237. The fourth-order valence-corrected chi connectivity index (χ4v) is 3.25. The summed E-state index contributed by atoms with van der Waals surface area (Å²) in [5.41, 5.74) is 0.562. The number of ether oxygens (including phenoxy) is 1. The Morgan fingerprint density at radius 2 is 1.67 bits per heavy atom. The molecule has 1 atom stereocenters. The molecular formula is C16H33NO. The molecule has 2 heteroatoms. The molecule has 1 N–H and O–H groups in total. The molecule has 1 rings (SSSR count). The van der Waals surface area contributed by atoms with Gasteiger partial charge in [0.2, 0.25) is 0 Å². The lowest BCUT2D eigenvalue weighted by molar-refractivity contribution is -0.0896. The van der Waals surface area contributed by atoms with Gasteiger partial charge in [0.05, 0.1) is 5.60 Å². The monoisotopic (exact) mass is 255 g/mol. The standard InChI is InChI=1S/C16H33NO/c1-7-17-14(12-13(2)3)16(18-6)10-8-15(4,5)9-11-16/h13-14,17H,7-12H2,1-6H3. The van der Waals surface area contributed by atoms with Gasteiger partial charge < -0.3 is 10.1 Å². The summed E-state index contributed by atoms with van der Waals surface area (Å²) in [5.74, 6) is 0.719. The van der Waals surface area contributed by atoms with Gasteiger partial charge in [-0.3, -0.25) is 0 Å². The highest BCUT2D eigenvalue weighted by Gasteiger charge is 2.43. The van der Waals surface area contributed by atoms with Crippen LogP contribution < -0.4 is 5.32 Å². The molecule has 0 aliphatic heterocycles. The van der Waals surface area contributed by atoms with E-state index in [1.807, 2.05) is 7.11 Å². The number of hydrogen-bond acceptors (Lipinski definition) is 2. The minimum atomic E-state index is 0.0653. The second kappa shape index (κ2) is 6.38. The molecule has 0 heterocycles. The molecular weight excluding hydrogens is 222 g/mol. The van der Waals surface area contributed by atoms with Crippen molar-refractivity contribution in [3.05, 3.63) is 0 Å². The van der Waals surface area contributed by atoms with E-state index in [-0.39, 0.29) is 5.60 Å². The van der Waals surface area contributed by atoms with Gasteiger partial charge in [0.1, 0.15) is 0 Å². The number of hydrogen-bond donors (Lipinski definition) is 1. The van der Waals surface area contributed by atoms with Crippen LogP contribution in [0.4, 0.5) is 0 Å². The molecule has 0 spiro atoms. The predicted octanol–water partition coefficient (Wildman–Crippen LogP) is 4.00. The van der Waals surface area contributed by atoms with Crippen molar-refractivity contribution in [2.24, 2.45) is 11.3 Å². The van der Waals surface area contributed by atoms with Crippen LogP contribution in [0.25, 0.3) is 0 Å². The van der Waals surface area contributed by atoms with Crippen molar-refractivity contribution in [2.75, 3.05) is 13.7 Å². The third-order valence-corrected chi connectivity index (χ3v) is 4.65. The van der Waals surface area contributed by atoms with E-state index < -0.39 is 0 Å². The largest absolute Gasteiger partial charge is 0.377 e. The van der Waals surface area contributed by atoms with Gasteiger partial charge in [-0.15, -0.1) is 0 Å². The normalized spacial score (nSPS) is 24.2. The molecule has 0 aromatic heterocycles. The Morgan fingerprint density at radius 3 is 2.06 bits per heavy atom. The summed E-state index contributed by atoms with van der Waals surface area (Å²) in [5, 5.41) is 3.68. The smallest absolute Gasteiger partial charge is 0.0831 e. The predicted molar refractivity (Wildman–Crippen MR) is 78.9 cm³/mol. The zero-order chi connectivity index (χ0) is 13.8. The van der Waals surface area contributed by atoms with Gasteiger partial charge in [0, 0.05) is 13.2 Å². The van der Waals surface area contributed by atoms with E-state index in [1.54, 1.807) is 0 Å².